The zero-order valence-corrected chi connectivity index (χ0v) is 11.7. The molecule has 2 nitrogen and oxygen atoms in total. The Morgan fingerprint density at radius 2 is 1.83 bits per heavy atom. The van der Waals surface area contributed by atoms with Crippen LogP contribution in [-0.2, 0) is 0 Å². The third-order valence-electron chi connectivity index (χ3n) is 4.04. The number of rotatable bonds is 6. The van der Waals surface area contributed by atoms with Gasteiger partial charge in [0.05, 0.1) is 0 Å². The third-order valence-corrected chi connectivity index (χ3v) is 4.04. The van der Waals surface area contributed by atoms with Crippen molar-refractivity contribution in [1.82, 2.24) is 10.2 Å². The predicted octanol–water partition coefficient (Wildman–Crippen LogP) is 3.21. The lowest BCUT2D eigenvalue weighted by molar-refractivity contribution is 0.233. The minimum absolute atomic E-state index is 0.544. The van der Waals surface area contributed by atoms with Crippen molar-refractivity contribution in [3.05, 3.63) is 35.9 Å². The molecule has 2 rings (SSSR count). The summed E-state index contributed by atoms with van der Waals surface area (Å²) in [5, 5.41) is 3.67. The highest BCUT2D eigenvalue weighted by Crippen LogP contribution is 2.24. The van der Waals surface area contributed by atoms with Crippen molar-refractivity contribution in [2.45, 2.75) is 45.2 Å². The molecule has 1 heterocycles. The average molecular weight is 246 g/mol. The first-order valence-electron chi connectivity index (χ1n) is 7.33. The molecule has 1 fully saturated rings. The van der Waals surface area contributed by atoms with Gasteiger partial charge in [-0.25, -0.2) is 0 Å². The molecule has 100 valence electrons. The van der Waals surface area contributed by atoms with E-state index in [0.29, 0.717) is 12.1 Å². The van der Waals surface area contributed by atoms with Crippen LogP contribution in [0.15, 0.2) is 30.3 Å². The van der Waals surface area contributed by atoms with Crippen LogP contribution in [0.5, 0.6) is 0 Å². The van der Waals surface area contributed by atoms with E-state index >= 15 is 0 Å². The lowest BCUT2D eigenvalue weighted by atomic mass is 10.1. The second-order valence-electron chi connectivity index (χ2n) is 5.39. The summed E-state index contributed by atoms with van der Waals surface area (Å²) >= 11 is 0. The van der Waals surface area contributed by atoms with Crippen molar-refractivity contribution < 1.29 is 0 Å². The van der Waals surface area contributed by atoms with Crippen molar-refractivity contribution in [3.8, 4) is 0 Å². The average Bonchev–Trinajstić information content (AvgIpc) is 2.94. The number of likely N-dealkylation sites (tertiary alicyclic amines) is 1. The molecule has 1 aliphatic rings. The Morgan fingerprint density at radius 1 is 1.17 bits per heavy atom. The van der Waals surface area contributed by atoms with Gasteiger partial charge in [-0.15, -0.1) is 0 Å². The maximum atomic E-state index is 3.67. The summed E-state index contributed by atoms with van der Waals surface area (Å²) in [6.07, 6.45) is 3.90. The molecule has 0 saturated carbocycles. The zero-order valence-electron chi connectivity index (χ0n) is 11.7. The Kier molecular flexibility index (Phi) is 5.21. The maximum Gasteiger partial charge on any atom is 0.0472 e. The lowest BCUT2D eigenvalue weighted by Gasteiger charge is -2.29. The van der Waals surface area contributed by atoms with E-state index in [2.05, 4.69) is 54.4 Å². The molecule has 2 atom stereocenters. The fourth-order valence-corrected chi connectivity index (χ4v) is 2.64. The molecule has 0 radical (unpaired) electrons. The Labute approximate surface area is 111 Å². The number of nitrogens with one attached hydrogen (secondary N) is 1. The summed E-state index contributed by atoms with van der Waals surface area (Å²) in [5.74, 6) is 0. The molecular formula is C16H26N2. The lowest BCUT2D eigenvalue weighted by Crippen LogP contribution is -2.37. The molecule has 0 bridgehead atoms. The van der Waals surface area contributed by atoms with Crippen molar-refractivity contribution in [3.63, 3.8) is 0 Å². The molecule has 1 aromatic carbocycles. The van der Waals surface area contributed by atoms with Gasteiger partial charge in [-0.05, 0) is 44.8 Å². The molecule has 0 aromatic heterocycles. The number of hydrogen-bond acceptors (Lipinski definition) is 2. The standard InChI is InChI=1S/C16H26N2/c1-3-14(2)17-13-16(18-11-7-8-12-18)15-9-5-4-6-10-15/h4-6,9-10,14,16-17H,3,7-8,11-13H2,1-2H3. The van der Waals surface area contributed by atoms with Crippen molar-refractivity contribution in [1.29, 1.82) is 0 Å². The summed E-state index contributed by atoms with van der Waals surface area (Å²) in [6, 6.07) is 12.1. The Balaban J connectivity index is 2.03. The topological polar surface area (TPSA) is 15.3 Å². The Bertz CT molecular complexity index is 330. The number of nitrogens with zero attached hydrogens (tertiary/aromatic N) is 1. The summed E-state index contributed by atoms with van der Waals surface area (Å²) in [6.45, 7) is 8.08. The van der Waals surface area contributed by atoms with Crippen LogP contribution < -0.4 is 5.32 Å². The third kappa shape index (κ3) is 3.56. The van der Waals surface area contributed by atoms with Gasteiger partial charge < -0.3 is 5.32 Å². The van der Waals surface area contributed by atoms with Gasteiger partial charge in [0.1, 0.15) is 0 Å². The molecule has 1 aromatic rings. The van der Waals surface area contributed by atoms with Gasteiger partial charge in [-0.2, -0.15) is 0 Å². The summed E-state index contributed by atoms with van der Waals surface area (Å²) in [5.41, 5.74) is 1.45. The van der Waals surface area contributed by atoms with Crippen molar-refractivity contribution in [2.24, 2.45) is 0 Å². The quantitative estimate of drug-likeness (QED) is 0.829. The highest BCUT2D eigenvalue weighted by molar-refractivity contribution is 5.19. The van der Waals surface area contributed by atoms with Crippen molar-refractivity contribution in [2.75, 3.05) is 19.6 Å². The maximum absolute atomic E-state index is 3.67. The largest absolute Gasteiger partial charge is 0.312 e. The molecule has 1 saturated heterocycles. The molecule has 1 aliphatic heterocycles. The smallest absolute Gasteiger partial charge is 0.0472 e. The van der Waals surface area contributed by atoms with Gasteiger partial charge in [-0.3, -0.25) is 4.90 Å². The van der Waals surface area contributed by atoms with Gasteiger partial charge in [0.15, 0.2) is 0 Å². The van der Waals surface area contributed by atoms with Gasteiger partial charge >= 0.3 is 0 Å². The van der Waals surface area contributed by atoms with Gasteiger partial charge in [0.25, 0.3) is 0 Å². The molecular weight excluding hydrogens is 220 g/mol. The molecule has 0 spiro atoms. The van der Waals surface area contributed by atoms with Gasteiger partial charge in [0, 0.05) is 18.6 Å². The van der Waals surface area contributed by atoms with Gasteiger partial charge in [0.2, 0.25) is 0 Å². The highest BCUT2D eigenvalue weighted by atomic mass is 15.2. The zero-order chi connectivity index (χ0) is 12.8. The SMILES string of the molecule is CCC(C)NCC(c1ccccc1)N1CCCC1. The fraction of sp³-hybridized carbons (Fsp3) is 0.625. The molecule has 0 amide bonds. The van der Waals surface area contributed by atoms with E-state index in [4.69, 9.17) is 0 Å². The minimum Gasteiger partial charge on any atom is -0.312 e. The molecule has 18 heavy (non-hydrogen) atoms. The van der Waals surface area contributed by atoms with E-state index in [1.807, 2.05) is 0 Å². The van der Waals surface area contributed by atoms with Crippen LogP contribution >= 0.6 is 0 Å². The van der Waals surface area contributed by atoms with E-state index in [-0.39, 0.29) is 0 Å². The van der Waals surface area contributed by atoms with Crippen LogP contribution in [0.1, 0.15) is 44.7 Å². The van der Waals surface area contributed by atoms with Crippen LogP contribution in [0.25, 0.3) is 0 Å². The highest BCUT2D eigenvalue weighted by Gasteiger charge is 2.23. The normalized spacial score (nSPS) is 19.9. The molecule has 2 heteroatoms. The van der Waals surface area contributed by atoms with Gasteiger partial charge in [-0.1, -0.05) is 37.3 Å². The number of benzene rings is 1. The van der Waals surface area contributed by atoms with E-state index in [1.54, 1.807) is 0 Å². The fourth-order valence-electron chi connectivity index (χ4n) is 2.64. The van der Waals surface area contributed by atoms with Crippen LogP contribution in [0.3, 0.4) is 0 Å². The first-order chi connectivity index (χ1) is 8.81. The predicted molar refractivity (Wildman–Crippen MR) is 77.7 cm³/mol. The first kappa shape index (κ1) is 13.6. The first-order valence-corrected chi connectivity index (χ1v) is 7.33. The Hall–Kier alpha value is -0.860. The molecule has 2 unspecified atom stereocenters. The summed E-state index contributed by atoms with van der Waals surface area (Å²) in [4.78, 5) is 2.63. The van der Waals surface area contributed by atoms with E-state index < -0.39 is 0 Å². The van der Waals surface area contributed by atoms with Crippen molar-refractivity contribution >= 4 is 0 Å². The van der Waals surface area contributed by atoms with Crippen LogP contribution in [0.4, 0.5) is 0 Å². The second-order valence-corrected chi connectivity index (χ2v) is 5.39. The number of hydrogen-bond donors (Lipinski definition) is 1. The van der Waals surface area contributed by atoms with Crippen LogP contribution in [0.2, 0.25) is 0 Å². The summed E-state index contributed by atoms with van der Waals surface area (Å²) < 4.78 is 0. The second kappa shape index (κ2) is 6.91. The van der Waals surface area contributed by atoms with Crippen LogP contribution in [-0.4, -0.2) is 30.6 Å². The Morgan fingerprint density at radius 3 is 2.44 bits per heavy atom. The summed E-state index contributed by atoms with van der Waals surface area (Å²) in [7, 11) is 0. The molecule has 0 aliphatic carbocycles. The monoisotopic (exact) mass is 246 g/mol. The van der Waals surface area contributed by atoms with E-state index in [1.165, 1.54) is 37.9 Å². The minimum atomic E-state index is 0.544. The van der Waals surface area contributed by atoms with E-state index in [9.17, 15) is 0 Å². The van der Waals surface area contributed by atoms with E-state index in [0.717, 1.165) is 6.54 Å². The molecule has 1 N–H and O–H groups in total. The van der Waals surface area contributed by atoms with Crippen LogP contribution in [0, 0.1) is 0 Å².